The van der Waals surface area contributed by atoms with Crippen molar-refractivity contribution in [2.24, 2.45) is 0 Å². The smallest absolute Gasteiger partial charge is 0.292 e. The number of nitrogens with one attached hydrogen (secondary N) is 2. The average Bonchev–Trinajstić information content (AvgIpc) is 2.91. The van der Waals surface area contributed by atoms with E-state index in [0.717, 1.165) is 18.5 Å². The van der Waals surface area contributed by atoms with E-state index in [1.165, 1.54) is 5.56 Å². The summed E-state index contributed by atoms with van der Waals surface area (Å²) >= 11 is 0. The molecule has 2 heterocycles. The number of anilines is 1. The summed E-state index contributed by atoms with van der Waals surface area (Å²) in [5.74, 6) is 0.168. The molecule has 2 N–H and O–H groups in total. The van der Waals surface area contributed by atoms with Gasteiger partial charge in [0.1, 0.15) is 0 Å². The quantitative estimate of drug-likeness (QED) is 0.885. The first-order valence-corrected chi connectivity index (χ1v) is 6.65. The van der Waals surface area contributed by atoms with E-state index in [1.807, 2.05) is 12.1 Å². The zero-order chi connectivity index (χ0) is 13.9. The number of carbonyl (C=O) groups excluding carboxylic acids is 1. The van der Waals surface area contributed by atoms with E-state index in [0.29, 0.717) is 12.4 Å². The molecule has 1 aromatic carbocycles. The fraction of sp³-hybridized carbons (Fsp3) is 0.357. The van der Waals surface area contributed by atoms with Crippen molar-refractivity contribution in [1.82, 2.24) is 15.5 Å². The third kappa shape index (κ3) is 2.64. The maximum absolute atomic E-state index is 11.8. The van der Waals surface area contributed by atoms with Crippen LogP contribution in [-0.2, 0) is 6.42 Å². The van der Waals surface area contributed by atoms with Crippen LogP contribution in [0.15, 0.2) is 28.8 Å². The van der Waals surface area contributed by atoms with Gasteiger partial charge < -0.3 is 15.2 Å². The van der Waals surface area contributed by atoms with Crippen molar-refractivity contribution < 1.29 is 9.32 Å². The van der Waals surface area contributed by atoms with Crippen molar-refractivity contribution in [3.63, 3.8) is 0 Å². The highest BCUT2D eigenvalue weighted by Gasteiger charge is 2.19. The number of benzene rings is 1. The summed E-state index contributed by atoms with van der Waals surface area (Å²) in [4.78, 5) is 15.7. The Morgan fingerprint density at radius 3 is 3.15 bits per heavy atom. The van der Waals surface area contributed by atoms with Crippen molar-refractivity contribution in [3.05, 3.63) is 41.5 Å². The minimum Gasteiger partial charge on any atom is -0.380 e. The summed E-state index contributed by atoms with van der Waals surface area (Å²) in [6.45, 7) is 2.20. The third-order valence-corrected chi connectivity index (χ3v) is 3.38. The molecule has 3 rings (SSSR count). The van der Waals surface area contributed by atoms with E-state index in [-0.39, 0.29) is 17.8 Å². The molecule has 20 heavy (non-hydrogen) atoms. The second-order valence-corrected chi connectivity index (χ2v) is 4.88. The SMILES string of the molecule is Cc1nc(C(=O)NC[C@H]2CCc3ccccc3N2)no1. The van der Waals surface area contributed by atoms with Gasteiger partial charge in [-0.25, -0.2) is 0 Å². The minimum atomic E-state index is -0.303. The number of amides is 1. The molecule has 1 atom stereocenters. The van der Waals surface area contributed by atoms with Crippen LogP contribution in [-0.4, -0.2) is 28.6 Å². The highest BCUT2D eigenvalue weighted by Crippen LogP contribution is 2.23. The molecule has 0 fully saturated rings. The summed E-state index contributed by atoms with van der Waals surface area (Å²) in [5, 5.41) is 9.85. The fourth-order valence-electron chi connectivity index (χ4n) is 2.34. The Morgan fingerprint density at radius 1 is 1.50 bits per heavy atom. The highest BCUT2D eigenvalue weighted by molar-refractivity contribution is 5.90. The molecule has 1 aromatic heterocycles. The monoisotopic (exact) mass is 272 g/mol. The summed E-state index contributed by atoms with van der Waals surface area (Å²) in [7, 11) is 0. The highest BCUT2D eigenvalue weighted by atomic mass is 16.5. The maximum atomic E-state index is 11.8. The Morgan fingerprint density at radius 2 is 2.35 bits per heavy atom. The molecule has 1 aliphatic rings. The van der Waals surface area contributed by atoms with Gasteiger partial charge in [-0.05, 0) is 24.5 Å². The zero-order valence-corrected chi connectivity index (χ0v) is 11.2. The molecular weight excluding hydrogens is 256 g/mol. The average molecular weight is 272 g/mol. The van der Waals surface area contributed by atoms with E-state index in [9.17, 15) is 4.79 Å². The van der Waals surface area contributed by atoms with E-state index in [4.69, 9.17) is 4.52 Å². The van der Waals surface area contributed by atoms with Gasteiger partial charge in [-0.3, -0.25) is 4.79 Å². The van der Waals surface area contributed by atoms with E-state index < -0.39 is 0 Å². The van der Waals surface area contributed by atoms with Gasteiger partial charge in [0, 0.05) is 25.2 Å². The number of aryl methyl sites for hydroxylation is 2. The van der Waals surface area contributed by atoms with Gasteiger partial charge in [0.25, 0.3) is 11.7 Å². The Labute approximate surface area is 116 Å². The second-order valence-electron chi connectivity index (χ2n) is 4.88. The predicted octanol–water partition coefficient (Wildman–Crippen LogP) is 1.53. The van der Waals surface area contributed by atoms with Crippen LogP contribution in [0.2, 0.25) is 0 Å². The molecule has 0 spiro atoms. The van der Waals surface area contributed by atoms with Crippen LogP contribution in [0.25, 0.3) is 0 Å². The van der Waals surface area contributed by atoms with Crippen molar-refractivity contribution >= 4 is 11.6 Å². The molecule has 0 bridgehead atoms. The molecule has 6 nitrogen and oxygen atoms in total. The van der Waals surface area contributed by atoms with Gasteiger partial charge >= 0.3 is 0 Å². The van der Waals surface area contributed by atoms with Crippen LogP contribution < -0.4 is 10.6 Å². The second kappa shape index (κ2) is 5.32. The van der Waals surface area contributed by atoms with Gasteiger partial charge in [-0.15, -0.1) is 0 Å². The fourth-order valence-corrected chi connectivity index (χ4v) is 2.34. The molecule has 2 aromatic rings. The van der Waals surface area contributed by atoms with E-state index >= 15 is 0 Å². The standard InChI is InChI=1S/C14H16N4O2/c1-9-16-13(18-20-9)14(19)15-8-11-7-6-10-4-2-3-5-12(10)17-11/h2-5,11,17H,6-8H2,1H3,(H,15,19)/t11-/m1/s1. The Kier molecular flexibility index (Phi) is 3.37. The topological polar surface area (TPSA) is 80.0 Å². The molecule has 104 valence electrons. The Balaban J connectivity index is 1.56. The first-order valence-electron chi connectivity index (χ1n) is 6.65. The van der Waals surface area contributed by atoms with Crippen molar-refractivity contribution in [3.8, 4) is 0 Å². The lowest BCUT2D eigenvalue weighted by Crippen LogP contribution is -2.39. The molecule has 0 saturated heterocycles. The van der Waals surface area contributed by atoms with Crippen LogP contribution >= 0.6 is 0 Å². The van der Waals surface area contributed by atoms with Crippen LogP contribution in [0.4, 0.5) is 5.69 Å². The molecular formula is C14H16N4O2. The molecule has 1 aliphatic heterocycles. The van der Waals surface area contributed by atoms with Gasteiger partial charge in [0.2, 0.25) is 5.89 Å². The van der Waals surface area contributed by atoms with Crippen LogP contribution in [0.3, 0.4) is 0 Å². The van der Waals surface area contributed by atoms with E-state index in [2.05, 4.69) is 32.9 Å². The molecule has 0 aliphatic carbocycles. The van der Waals surface area contributed by atoms with Crippen LogP contribution in [0, 0.1) is 6.92 Å². The van der Waals surface area contributed by atoms with Crippen molar-refractivity contribution in [1.29, 1.82) is 0 Å². The number of fused-ring (bicyclic) bond motifs is 1. The molecule has 0 unspecified atom stereocenters. The summed E-state index contributed by atoms with van der Waals surface area (Å²) < 4.78 is 4.79. The number of hydrogen-bond acceptors (Lipinski definition) is 5. The Hall–Kier alpha value is -2.37. The van der Waals surface area contributed by atoms with E-state index in [1.54, 1.807) is 6.92 Å². The molecule has 0 radical (unpaired) electrons. The lowest BCUT2D eigenvalue weighted by molar-refractivity contribution is 0.0938. The largest absolute Gasteiger partial charge is 0.380 e. The number of carbonyl (C=O) groups is 1. The number of rotatable bonds is 3. The third-order valence-electron chi connectivity index (χ3n) is 3.38. The number of para-hydroxylation sites is 1. The maximum Gasteiger partial charge on any atom is 0.292 e. The van der Waals surface area contributed by atoms with Crippen molar-refractivity contribution in [2.45, 2.75) is 25.8 Å². The number of hydrogen-bond donors (Lipinski definition) is 2. The normalized spacial score (nSPS) is 17.1. The predicted molar refractivity (Wildman–Crippen MR) is 73.5 cm³/mol. The summed E-state index contributed by atoms with van der Waals surface area (Å²) in [6, 6.07) is 8.46. The van der Waals surface area contributed by atoms with Crippen molar-refractivity contribution in [2.75, 3.05) is 11.9 Å². The zero-order valence-electron chi connectivity index (χ0n) is 11.2. The molecule has 0 saturated carbocycles. The van der Waals surface area contributed by atoms with Gasteiger partial charge in [-0.1, -0.05) is 23.4 Å². The summed E-state index contributed by atoms with van der Waals surface area (Å²) in [5.41, 5.74) is 2.47. The number of aromatic nitrogens is 2. The molecule has 1 amide bonds. The summed E-state index contributed by atoms with van der Waals surface area (Å²) in [6.07, 6.45) is 2.01. The van der Waals surface area contributed by atoms with Crippen LogP contribution in [0.1, 0.15) is 28.5 Å². The van der Waals surface area contributed by atoms with Gasteiger partial charge in [0.15, 0.2) is 0 Å². The molecule has 6 heteroatoms. The van der Waals surface area contributed by atoms with Gasteiger partial charge in [-0.2, -0.15) is 4.98 Å². The Bertz CT molecular complexity index is 623. The first kappa shape index (κ1) is 12.7. The van der Waals surface area contributed by atoms with Crippen LogP contribution in [0.5, 0.6) is 0 Å². The number of nitrogens with zero attached hydrogens (tertiary/aromatic N) is 2. The van der Waals surface area contributed by atoms with Gasteiger partial charge in [0.05, 0.1) is 0 Å². The lowest BCUT2D eigenvalue weighted by Gasteiger charge is -2.27. The minimum absolute atomic E-state index is 0.0821. The first-order chi connectivity index (χ1) is 9.72. The lowest BCUT2D eigenvalue weighted by atomic mass is 9.98.